The van der Waals surface area contributed by atoms with E-state index < -0.39 is 11.8 Å². The Balaban J connectivity index is 2.22. The number of nitriles is 1. The monoisotopic (exact) mass is 257 g/mol. The van der Waals surface area contributed by atoms with E-state index >= 15 is 0 Å². The first kappa shape index (κ1) is 12.6. The quantitative estimate of drug-likeness (QED) is 0.916. The van der Waals surface area contributed by atoms with Gasteiger partial charge in [0, 0.05) is 0 Å². The van der Waals surface area contributed by atoms with Crippen molar-refractivity contribution in [3.63, 3.8) is 0 Å². The van der Waals surface area contributed by atoms with E-state index in [-0.39, 0.29) is 16.9 Å². The fraction of sp³-hybridized carbons (Fsp3) is 0. The number of halogens is 1. The summed E-state index contributed by atoms with van der Waals surface area (Å²) in [7, 11) is 0. The van der Waals surface area contributed by atoms with Gasteiger partial charge in [-0.25, -0.2) is 9.18 Å². The number of aromatic carboxylic acids is 1. The largest absolute Gasteiger partial charge is 0.478 e. The van der Waals surface area contributed by atoms with Gasteiger partial charge in [0.2, 0.25) is 0 Å². The highest BCUT2D eigenvalue weighted by molar-refractivity contribution is 5.87. The summed E-state index contributed by atoms with van der Waals surface area (Å²) < 4.78 is 18.8. The highest BCUT2D eigenvalue weighted by Crippen LogP contribution is 2.25. The van der Waals surface area contributed by atoms with E-state index in [1.807, 2.05) is 6.07 Å². The summed E-state index contributed by atoms with van der Waals surface area (Å²) in [5.41, 5.74) is 0.318. The minimum absolute atomic E-state index is 0.0259. The van der Waals surface area contributed by atoms with Crippen LogP contribution in [0.1, 0.15) is 15.9 Å². The second-order valence-corrected chi connectivity index (χ2v) is 3.69. The van der Waals surface area contributed by atoms with Crippen LogP contribution in [0.25, 0.3) is 0 Å². The fourth-order valence-electron chi connectivity index (χ4n) is 1.45. The van der Waals surface area contributed by atoms with Gasteiger partial charge < -0.3 is 9.84 Å². The highest BCUT2D eigenvalue weighted by Gasteiger charge is 2.07. The molecule has 0 aliphatic rings. The predicted molar refractivity (Wildman–Crippen MR) is 64.6 cm³/mol. The molecular weight excluding hydrogens is 249 g/mol. The van der Waals surface area contributed by atoms with Crippen LogP contribution in [-0.2, 0) is 0 Å². The molecule has 4 nitrogen and oxygen atoms in total. The van der Waals surface area contributed by atoms with E-state index in [1.165, 1.54) is 36.4 Å². The van der Waals surface area contributed by atoms with Gasteiger partial charge in [0.05, 0.1) is 17.2 Å². The molecule has 94 valence electrons. The van der Waals surface area contributed by atoms with E-state index in [0.717, 1.165) is 6.07 Å². The van der Waals surface area contributed by atoms with Crippen molar-refractivity contribution in [3.8, 4) is 17.6 Å². The average Bonchev–Trinajstić information content (AvgIpc) is 2.41. The molecule has 0 saturated carbocycles. The number of rotatable bonds is 3. The van der Waals surface area contributed by atoms with Crippen molar-refractivity contribution in [1.29, 1.82) is 5.26 Å². The molecule has 0 spiro atoms. The minimum atomic E-state index is -1.05. The van der Waals surface area contributed by atoms with Crippen molar-refractivity contribution in [2.24, 2.45) is 0 Å². The number of carbonyl (C=O) groups is 1. The molecule has 0 amide bonds. The van der Waals surface area contributed by atoms with E-state index in [4.69, 9.17) is 15.1 Å². The molecule has 0 aromatic heterocycles. The molecule has 0 atom stereocenters. The van der Waals surface area contributed by atoms with E-state index in [0.29, 0.717) is 5.75 Å². The van der Waals surface area contributed by atoms with Gasteiger partial charge in [-0.3, -0.25) is 0 Å². The Morgan fingerprint density at radius 3 is 2.42 bits per heavy atom. The molecular formula is C14H8FNO3. The zero-order chi connectivity index (χ0) is 13.8. The van der Waals surface area contributed by atoms with Gasteiger partial charge in [-0.05, 0) is 42.5 Å². The first-order valence-corrected chi connectivity index (χ1v) is 5.31. The van der Waals surface area contributed by atoms with Crippen LogP contribution in [0.15, 0.2) is 42.5 Å². The lowest BCUT2D eigenvalue weighted by molar-refractivity contribution is 0.0697. The molecule has 19 heavy (non-hydrogen) atoms. The lowest BCUT2D eigenvalue weighted by Crippen LogP contribution is -1.95. The highest BCUT2D eigenvalue weighted by atomic mass is 19.1. The third-order valence-electron chi connectivity index (χ3n) is 2.39. The number of nitrogens with zero attached hydrogens (tertiary/aromatic N) is 1. The van der Waals surface area contributed by atoms with Crippen LogP contribution in [0.5, 0.6) is 11.5 Å². The Morgan fingerprint density at radius 2 is 1.89 bits per heavy atom. The summed E-state index contributed by atoms with van der Waals surface area (Å²) in [6, 6.07) is 11.3. The van der Waals surface area contributed by atoms with E-state index in [2.05, 4.69) is 0 Å². The van der Waals surface area contributed by atoms with Crippen LogP contribution in [0, 0.1) is 17.1 Å². The molecule has 2 rings (SSSR count). The maximum absolute atomic E-state index is 13.6. The molecule has 0 saturated heterocycles. The van der Waals surface area contributed by atoms with Crippen LogP contribution >= 0.6 is 0 Å². The summed E-state index contributed by atoms with van der Waals surface area (Å²) in [4.78, 5) is 10.7. The van der Waals surface area contributed by atoms with Gasteiger partial charge in [-0.1, -0.05) is 0 Å². The minimum Gasteiger partial charge on any atom is -0.478 e. The lowest BCUT2D eigenvalue weighted by Gasteiger charge is -2.07. The number of benzene rings is 2. The number of carboxylic acids is 1. The van der Waals surface area contributed by atoms with Gasteiger partial charge in [-0.2, -0.15) is 5.26 Å². The van der Waals surface area contributed by atoms with Crippen LogP contribution in [-0.4, -0.2) is 11.1 Å². The Bertz CT molecular complexity index is 659. The van der Waals surface area contributed by atoms with Crippen molar-refractivity contribution in [2.45, 2.75) is 0 Å². The Kier molecular flexibility index (Phi) is 3.44. The van der Waals surface area contributed by atoms with Crippen LogP contribution in [0.3, 0.4) is 0 Å². The molecule has 0 heterocycles. The predicted octanol–water partition coefficient (Wildman–Crippen LogP) is 3.19. The Hall–Kier alpha value is -2.87. The summed E-state index contributed by atoms with van der Waals surface area (Å²) in [6.45, 7) is 0. The van der Waals surface area contributed by atoms with Crippen molar-refractivity contribution < 1.29 is 19.0 Å². The molecule has 0 aliphatic heterocycles. The summed E-state index contributed by atoms with van der Waals surface area (Å²) in [5.74, 6) is -1.41. The number of carboxylic acid groups (broad SMARTS) is 1. The molecule has 0 aliphatic carbocycles. The van der Waals surface area contributed by atoms with Gasteiger partial charge in [0.15, 0.2) is 11.6 Å². The number of hydrogen-bond donors (Lipinski definition) is 1. The summed E-state index contributed by atoms with van der Waals surface area (Å²) >= 11 is 0. The molecule has 0 bridgehead atoms. The maximum Gasteiger partial charge on any atom is 0.335 e. The second kappa shape index (κ2) is 5.19. The summed E-state index contributed by atoms with van der Waals surface area (Å²) in [5, 5.41) is 17.3. The zero-order valence-electron chi connectivity index (χ0n) is 9.63. The summed E-state index contributed by atoms with van der Waals surface area (Å²) in [6.07, 6.45) is 0. The third-order valence-corrected chi connectivity index (χ3v) is 2.39. The van der Waals surface area contributed by atoms with E-state index in [9.17, 15) is 9.18 Å². The SMILES string of the molecule is N#Cc1ccc(Oc2ccc(C(=O)O)cc2)c(F)c1. The van der Waals surface area contributed by atoms with Crippen molar-refractivity contribution >= 4 is 5.97 Å². The van der Waals surface area contributed by atoms with E-state index in [1.54, 1.807) is 0 Å². The molecule has 0 fully saturated rings. The molecule has 0 unspecified atom stereocenters. The maximum atomic E-state index is 13.6. The lowest BCUT2D eigenvalue weighted by atomic mass is 10.2. The molecule has 5 heteroatoms. The normalized spacial score (nSPS) is 9.68. The topological polar surface area (TPSA) is 70.3 Å². The van der Waals surface area contributed by atoms with Gasteiger partial charge >= 0.3 is 5.97 Å². The smallest absolute Gasteiger partial charge is 0.335 e. The first-order chi connectivity index (χ1) is 9.10. The Labute approximate surface area is 108 Å². The van der Waals surface area contributed by atoms with Gasteiger partial charge in [0.25, 0.3) is 0 Å². The van der Waals surface area contributed by atoms with Crippen molar-refractivity contribution in [1.82, 2.24) is 0 Å². The molecule has 2 aromatic rings. The van der Waals surface area contributed by atoms with Crippen molar-refractivity contribution in [2.75, 3.05) is 0 Å². The van der Waals surface area contributed by atoms with Gasteiger partial charge in [-0.15, -0.1) is 0 Å². The second-order valence-electron chi connectivity index (χ2n) is 3.69. The Morgan fingerprint density at radius 1 is 1.21 bits per heavy atom. The zero-order valence-corrected chi connectivity index (χ0v) is 9.63. The number of hydrogen-bond acceptors (Lipinski definition) is 3. The molecule has 1 N–H and O–H groups in total. The van der Waals surface area contributed by atoms with Crippen molar-refractivity contribution in [3.05, 3.63) is 59.4 Å². The molecule has 0 radical (unpaired) electrons. The first-order valence-electron chi connectivity index (χ1n) is 5.31. The third kappa shape index (κ3) is 2.87. The van der Waals surface area contributed by atoms with Crippen LogP contribution in [0.2, 0.25) is 0 Å². The standard InChI is InChI=1S/C14H8FNO3/c15-12-7-9(8-16)1-6-13(12)19-11-4-2-10(3-5-11)14(17)18/h1-7H,(H,17,18). The van der Waals surface area contributed by atoms with Crippen LogP contribution < -0.4 is 4.74 Å². The van der Waals surface area contributed by atoms with Crippen LogP contribution in [0.4, 0.5) is 4.39 Å². The van der Waals surface area contributed by atoms with Gasteiger partial charge in [0.1, 0.15) is 5.75 Å². The number of ether oxygens (including phenoxy) is 1. The fourth-order valence-corrected chi connectivity index (χ4v) is 1.45. The average molecular weight is 257 g/mol. The molecule has 2 aromatic carbocycles.